The fourth-order valence-corrected chi connectivity index (χ4v) is 5.54. The molecule has 5 rings (SSSR count). The topological polar surface area (TPSA) is 79.8 Å². The molecule has 0 bridgehead atoms. The Labute approximate surface area is 197 Å². The number of benzene rings is 2. The van der Waals surface area contributed by atoms with Gasteiger partial charge in [-0.1, -0.05) is 27.3 Å². The number of carbonyl (C=O) groups is 3. The first-order valence-electron chi connectivity index (χ1n) is 10.4. The van der Waals surface area contributed by atoms with Gasteiger partial charge in [0.15, 0.2) is 5.13 Å². The molecule has 2 saturated heterocycles. The molecular weight excluding hydrogens is 494 g/mol. The van der Waals surface area contributed by atoms with Crippen molar-refractivity contribution in [2.45, 2.75) is 31.8 Å². The average molecular weight is 514 g/mol. The molecule has 164 valence electrons. The number of aromatic nitrogens is 1. The van der Waals surface area contributed by atoms with Crippen LogP contribution in [0.5, 0.6) is 0 Å². The quantitative estimate of drug-likeness (QED) is 0.468. The number of nitrogens with zero attached hydrogens (tertiary/aromatic N) is 3. The number of hydrogen-bond donors (Lipinski definition) is 0. The molecule has 3 aromatic rings. The summed E-state index contributed by atoms with van der Waals surface area (Å²) in [6.07, 6.45) is 2.30. The first kappa shape index (κ1) is 21.2. The fourth-order valence-electron chi connectivity index (χ4n) is 4.02. The Bertz CT molecular complexity index is 1190. The summed E-state index contributed by atoms with van der Waals surface area (Å²) in [5, 5.41) is 0.618. The third-order valence-electron chi connectivity index (χ3n) is 5.65. The molecule has 2 aliphatic heterocycles. The number of imide groups is 1. The van der Waals surface area contributed by atoms with E-state index in [2.05, 4.69) is 15.9 Å². The van der Waals surface area contributed by atoms with Crippen LogP contribution in [0.4, 0.5) is 10.8 Å². The molecule has 0 aliphatic carbocycles. The van der Waals surface area contributed by atoms with E-state index in [9.17, 15) is 14.4 Å². The number of fused-ring (bicyclic) bond motifs is 1. The van der Waals surface area contributed by atoms with Crippen molar-refractivity contribution in [3.05, 3.63) is 52.5 Å². The molecule has 0 spiro atoms. The maximum atomic E-state index is 13.5. The van der Waals surface area contributed by atoms with Crippen molar-refractivity contribution < 1.29 is 19.1 Å². The Morgan fingerprint density at radius 1 is 1.16 bits per heavy atom. The van der Waals surface area contributed by atoms with Gasteiger partial charge in [0.05, 0.1) is 28.6 Å². The Balaban J connectivity index is 1.45. The van der Waals surface area contributed by atoms with Gasteiger partial charge in [-0.15, -0.1) is 0 Å². The van der Waals surface area contributed by atoms with Gasteiger partial charge in [-0.2, -0.15) is 0 Å². The number of ether oxygens (including phenoxy) is 1. The SMILES string of the molecule is O=C(c1ccc(N2C(=O)CCC2=O)cc1)N(CC1CCCO1)c1nc2ccc(Br)cc2s1. The first-order chi connectivity index (χ1) is 15.5. The molecule has 2 fully saturated rings. The molecular formula is C23H20BrN3O4S. The molecule has 3 heterocycles. The molecule has 3 amide bonds. The predicted octanol–water partition coefficient (Wildman–Crippen LogP) is 4.54. The molecule has 7 nitrogen and oxygen atoms in total. The van der Waals surface area contributed by atoms with Crippen LogP contribution in [0.25, 0.3) is 10.2 Å². The molecule has 1 atom stereocenters. The molecule has 2 aliphatic rings. The van der Waals surface area contributed by atoms with Gasteiger partial charge >= 0.3 is 0 Å². The van der Waals surface area contributed by atoms with E-state index in [0.29, 0.717) is 29.5 Å². The van der Waals surface area contributed by atoms with Gasteiger partial charge in [0.1, 0.15) is 0 Å². The highest BCUT2D eigenvalue weighted by Gasteiger charge is 2.31. The Hall–Kier alpha value is -2.62. The highest BCUT2D eigenvalue weighted by Crippen LogP contribution is 2.33. The number of thiazole rings is 1. The van der Waals surface area contributed by atoms with E-state index >= 15 is 0 Å². The van der Waals surface area contributed by atoms with Crippen molar-refractivity contribution in [2.75, 3.05) is 23.0 Å². The lowest BCUT2D eigenvalue weighted by Gasteiger charge is -2.23. The molecule has 1 unspecified atom stereocenters. The van der Waals surface area contributed by atoms with Crippen LogP contribution in [0, 0.1) is 0 Å². The zero-order chi connectivity index (χ0) is 22.2. The van der Waals surface area contributed by atoms with Crippen molar-refractivity contribution in [1.82, 2.24) is 4.98 Å². The Morgan fingerprint density at radius 2 is 1.91 bits per heavy atom. The van der Waals surface area contributed by atoms with Gasteiger partial charge in [0.2, 0.25) is 11.8 Å². The largest absolute Gasteiger partial charge is 0.376 e. The van der Waals surface area contributed by atoms with Crippen LogP contribution >= 0.6 is 27.3 Å². The van der Waals surface area contributed by atoms with Gasteiger partial charge in [0, 0.05) is 29.5 Å². The number of anilines is 2. The van der Waals surface area contributed by atoms with E-state index in [0.717, 1.165) is 27.5 Å². The molecule has 1 aromatic heterocycles. The molecule has 0 N–H and O–H groups in total. The van der Waals surface area contributed by atoms with Gasteiger partial charge in [-0.25, -0.2) is 4.98 Å². The highest BCUT2D eigenvalue weighted by atomic mass is 79.9. The monoisotopic (exact) mass is 513 g/mol. The van der Waals surface area contributed by atoms with E-state index < -0.39 is 0 Å². The molecule has 32 heavy (non-hydrogen) atoms. The van der Waals surface area contributed by atoms with E-state index in [1.54, 1.807) is 29.2 Å². The molecule has 9 heteroatoms. The van der Waals surface area contributed by atoms with E-state index in [-0.39, 0.29) is 36.7 Å². The normalized spacial score (nSPS) is 18.7. The van der Waals surface area contributed by atoms with Crippen LogP contribution < -0.4 is 9.80 Å². The second-order valence-electron chi connectivity index (χ2n) is 7.83. The molecule has 0 radical (unpaired) electrons. The highest BCUT2D eigenvalue weighted by molar-refractivity contribution is 9.10. The van der Waals surface area contributed by atoms with Gasteiger partial charge in [-0.05, 0) is 55.3 Å². The summed E-state index contributed by atoms with van der Waals surface area (Å²) in [7, 11) is 0. The van der Waals surface area contributed by atoms with E-state index in [1.165, 1.54) is 16.2 Å². The number of halogens is 1. The number of hydrogen-bond acceptors (Lipinski definition) is 6. The van der Waals surface area contributed by atoms with E-state index in [1.807, 2.05) is 18.2 Å². The first-order valence-corrected chi connectivity index (χ1v) is 12.1. The lowest BCUT2D eigenvalue weighted by Crippen LogP contribution is -2.37. The van der Waals surface area contributed by atoms with Crippen LogP contribution in [0.1, 0.15) is 36.0 Å². The fraction of sp³-hybridized carbons (Fsp3) is 0.304. The Kier molecular flexibility index (Phi) is 5.79. The zero-order valence-corrected chi connectivity index (χ0v) is 19.5. The second kappa shape index (κ2) is 8.73. The van der Waals surface area contributed by atoms with Crippen molar-refractivity contribution >= 4 is 66.0 Å². The summed E-state index contributed by atoms with van der Waals surface area (Å²) in [6.45, 7) is 1.12. The lowest BCUT2D eigenvalue weighted by molar-refractivity contribution is -0.121. The minimum atomic E-state index is -0.213. The number of carbonyl (C=O) groups excluding carboxylic acids is 3. The molecule has 0 saturated carbocycles. The standard InChI is InChI=1S/C23H20BrN3O4S/c24-15-5-8-18-19(12-15)32-23(25-18)26(13-17-2-1-11-31-17)22(30)14-3-6-16(7-4-14)27-20(28)9-10-21(27)29/h3-8,12,17H,1-2,9-11,13H2. The number of amides is 3. The minimum absolute atomic E-state index is 0.0307. The van der Waals surface area contributed by atoms with E-state index in [4.69, 9.17) is 9.72 Å². The van der Waals surface area contributed by atoms with Gasteiger partial charge in [0.25, 0.3) is 5.91 Å². The maximum absolute atomic E-state index is 13.5. The average Bonchev–Trinajstić information content (AvgIpc) is 3.52. The predicted molar refractivity (Wildman–Crippen MR) is 126 cm³/mol. The van der Waals surface area contributed by atoms with Crippen LogP contribution in [-0.2, 0) is 14.3 Å². The third-order valence-corrected chi connectivity index (χ3v) is 7.18. The summed E-state index contributed by atoms with van der Waals surface area (Å²) in [4.78, 5) is 45.1. The van der Waals surface area contributed by atoms with Crippen LogP contribution in [-0.4, -0.2) is 42.0 Å². The maximum Gasteiger partial charge on any atom is 0.260 e. The van der Waals surface area contributed by atoms with Crippen LogP contribution in [0.3, 0.4) is 0 Å². The van der Waals surface area contributed by atoms with Gasteiger partial charge in [-0.3, -0.25) is 24.2 Å². The van der Waals surface area contributed by atoms with Crippen molar-refractivity contribution in [2.24, 2.45) is 0 Å². The summed E-state index contributed by atoms with van der Waals surface area (Å²) >= 11 is 4.95. The third kappa shape index (κ3) is 4.07. The minimum Gasteiger partial charge on any atom is -0.376 e. The Morgan fingerprint density at radius 3 is 2.59 bits per heavy atom. The zero-order valence-electron chi connectivity index (χ0n) is 17.1. The van der Waals surface area contributed by atoms with Crippen molar-refractivity contribution in [3.63, 3.8) is 0 Å². The van der Waals surface area contributed by atoms with Crippen LogP contribution in [0.15, 0.2) is 46.9 Å². The smallest absolute Gasteiger partial charge is 0.260 e. The van der Waals surface area contributed by atoms with Crippen LogP contribution in [0.2, 0.25) is 0 Å². The lowest BCUT2D eigenvalue weighted by atomic mass is 10.1. The van der Waals surface area contributed by atoms with Crippen molar-refractivity contribution in [3.8, 4) is 0 Å². The number of rotatable bonds is 5. The van der Waals surface area contributed by atoms with Gasteiger partial charge < -0.3 is 4.74 Å². The second-order valence-corrected chi connectivity index (χ2v) is 9.75. The summed E-state index contributed by atoms with van der Waals surface area (Å²) in [6, 6.07) is 12.4. The van der Waals surface area contributed by atoms with Crippen molar-refractivity contribution in [1.29, 1.82) is 0 Å². The molecule has 2 aromatic carbocycles. The summed E-state index contributed by atoms with van der Waals surface area (Å²) in [5.74, 6) is -0.617. The summed E-state index contributed by atoms with van der Waals surface area (Å²) in [5.41, 5.74) is 1.79. The summed E-state index contributed by atoms with van der Waals surface area (Å²) < 4.78 is 7.73.